The number of carbonyl (C=O) groups is 2. The predicted octanol–water partition coefficient (Wildman–Crippen LogP) is 7.77. The molecule has 2 N–H and O–H groups in total. The van der Waals surface area contributed by atoms with E-state index < -0.39 is 6.29 Å². The van der Waals surface area contributed by atoms with Gasteiger partial charge in [-0.25, -0.2) is 0 Å². The number of nitrogens with one attached hydrogen (secondary N) is 1. The normalized spacial score (nSPS) is 22.0. The molecule has 0 aliphatic carbocycles. The SMILES string of the molecule is CC(=O)c1cccc(NC(=O)Cc2ccc(C3OC(CN4CCCCCCC4)C(c4ccccc4)C(c4ccc(CO)cc4)O3)cc2)c1. The molecule has 2 heterocycles. The average molecular weight is 647 g/mol. The third-order valence-corrected chi connectivity index (χ3v) is 9.53. The molecule has 6 rings (SSSR count). The molecular weight excluding hydrogens is 600 g/mol. The van der Waals surface area contributed by atoms with Crippen LogP contribution >= 0.6 is 0 Å². The third-order valence-electron chi connectivity index (χ3n) is 9.53. The van der Waals surface area contributed by atoms with Crippen LogP contribution in [0.3, 0.4) is 0 Å². The number of ketones is 1. The minimum Gasteiger partial charge on any atom is -0.392 e. The molecule has 2 aliphatic heterocycles. The van der Waals surface area contributed by atoms with Crippen molar-refractivity contribution in [3.8, 4) is 0 Å². The van der Waals surface area contributed by atoms with E-state index in [-0.39, 0.29) is 42.8 Å². The summed E-state index contributed by atoms with van der Waals surface area (Å²) in [6.45, 7) is 4.45. The Labute approximate surface area is 283 Å². The van der Waals surface area contributed by atoms with Gasteiger partial charge in [0.05, 0.1) is 25.2 Å². The van der Waals surface area contributed by atoms with Crippen LogP contribution in [0.15, 0.2) is 103 Å². The second-order valence-corrected chi connectivity index (χ2v) is 13.1. The van der Waals surface area contributed by atoms with Crippen molar-refractivity contribution in [2.75, 3.05) is 25.0 Å². The first-order valence-corrected chi connectivity index (χ1v) is 17.2. The van der Waals surface area contributed by atoms with E-state index >= 15 is 0 Å². The number of hydrogen-bond acceptors (Lipinski definition) is 6. The zero-order chi connectivity index (χ0) is 33.3. The number of nitrogens with zero attached hydrogens (tertiary/aromatic N) is 1. The molecule has 4 atom stereocenters. The largest absolute Gasteiger partial charge is 0.392 e. The molecule has 250 valence electrons. The van der Waals surface area contributed by atoms with Crippen molar-refractivity contribution in [2.45, 2.75) is 76.5 Å². The lowest BCUT2D eigenvalue weighted by atomic mass is 9.83. The van der Waals surface area contributed by atoms with Crippen molar-refractivity contribution in [2.24, 2.45) is 0 Å². The molecule has 0 aromatic heterocycles. The van der Waals surface area contributed by atoms with E-state index in [1.54, 1.807) is 24.3 Å². The number of hydrogen-bond donors (Lipinski definition) is 2. The van der Waals surface area contributed by atoms with Gasteiger partial charge in [-0.15, -0.1) is 0 Å². The molecular formula is C41H46N2O5. The molecule has 2 aliphatic rings. The van der Waals surface area contributed by atoms with E-state index in [4.69, 9.17) is 9.47 Å². The monoisotopic (exact) mass is 646 g/mol. The maximum atomic E-state index is 12.9. The molecule has 4 unspecified atom stereocenters. The number of amides is 1. The van der Waals surface area contributed by atoms with E-state index in [1.807, 2.05) is 42.5 Å². The topological polar surface area (TPSA) is 88.1 Å². The van der Waals surface area contributed by atoms with Gasteiger partial charge in [-0.2, -0.15) is 0 Å². The van der Waals surface area contributed by atoms with E-state index in [1.165, 1.54) is 44.6 Å². The lowest BCUT2D eigenvalue weighted by Gasteiger charge is -2.44. The first kappa shape index (κ1) is 33.7. The van der Waals surface area contributed by atoms with Crippen LogP contribution in [0.5, 0.6) is 0 Å². The fraction of sp³-hybridized carbons (Fsp3) is 0.366. The molecule has 4 aromatic rings. The van der Waals surface area contributed by atoms with Crippen molar-refractivity contribution in [1.29, 1.82) is 0 Å². The van der Waals surface area contributed by atoms with Crippen molar-refractivity contribution >= 4 is 17.4 Å². The molecule has 48 heavy (non-hydrogen) atoms. The van der Waals surface area contributed by atoms with Gasteiger partial charge in [0.2, 0.25) is 5.91 Å². The summed E-state index contributed by atoms with van der Waals surface area (Å²) in [4.78, 5) is 27.2. The van der Waals surface area contributed by atoms with E-state index in [2.05, 4.69) is 46.6 Å². The van der Waals surface area contributed by atoms with Gasteiger partial charge >= 0.3 is 0 Å². The molecule has 1 amide bonds. The van der Waals surface area contributed by atoms with Crippen LogP contribution in [0.4, 0.5) is 5.69 Å². The van der Waals surface area contributed by atoms with Crippen LogP contribution in [-0.4, -0.2) is 47.4 Å². The Morgan fingerprint density at radius 3 is 2.10 bits per heavy atom. The van der Waals surface area contributed by atoms with Crippen molar-refractivity contribution < 1.29 is 24.2 Å². The maximum absolute atomic E-state index is 12.9. The highest BCUT2D eigenvalue weighted by Gasteiger charge is 2.42. The highest BCUT2D eigenvalue weighted by atomic mass is 16.7. The van der Waals surface area contributed by atoms with Crippen molar-refractivity contribution in [3.05, 3.63) is 137 Å². The first-order valence-electron chi connectivity index (χ1n) is 17.2. The average Bonchev–Trinajstić information content (AvgIpc) is 3.10. The molecule has 2 fully saturated rings. The van der Waals surface area contributed by atoms with Crippen LogP contribution in [-0.2, 0) is 27.3 Å². The summed E-state index contributed by atoms with van der Waals surface area (Å²) in [5.74, 6) is -0.228. The Balaban J connectivity index is 1.25. The molecule has 7 nitrogen and oxygen atoms in total. The van der Waals surface area contributed by atoms with Gasteiger partial charge in [0.25, 0.3) is 0 Å². The zero-order valence-corrected chi connectivity index (χ0v) is 27.7. The summed E-state index contributed by atoms with van der Waals surface area (Å²) in [5.41, 5.74) is 6.02. The second kappa shape index (κ2) is 16.3. The molecule has 0 bridgehead atoms. The molecule has 2 saturated heterocycles. The molecule has 0 saturated carbocycles. The van der Waals surface area contributed by atoms with Gasteiger partial charge in [-0.1, -0.05) is 110 Å². The smallest absolute Gasteiger partial charge is 0.228 e. The quantitative estimate of drug-likeness (QED) is 0.171. The number of aliphatic hydroxyl groups is 1. The van der Waals surface area contributed by atoms with E-state index in [9.17, 15) is 14.7 Å². The Morgan fingerprint density at radius 2 is 1.42 bits per heavy atom. The third kappa shape index (κ3) is 8.65. The number of carbonyl (C=O) groups excluding carboxylic acids is 2. The fourth-order valence-corrected chi connectivity index (χ4v) is 6.91. The minimum absolute atomic E-state index is 0.00753. The van der Waals surface area contributed by atoms with Crippen LogP contribution in [0.1, 0.15) is 95.5 Å². The standard InChI is InChI=1S/C41H46N2O5/c1-29(45)35-13-10-14-36(26-35)42-38(46)25-30-15-21-34(22-16-30)41-47-37(27-43-23-8-3-2-4-9-24-43)39(32-11-6-5-7-12-32)40(48-41)33-19-17-31(28-44)18-20-33/h5-7,10-22,26,37,39-41,44H,2-4,8-9,23-25,27-28H2,1H3,(H,42,46). The van der Waals surface area contributed by atoms with Gasteiger partial charge in [-0.05, 0) is 67.2 Å². The maximum Gasteiger partial charge on any atom is 0.228 e. The first-order chi connectivity index (χ1) is 23.5. The lowest BCUT2D eigenvalue weighted by Crippen LogP contribution is -2.45. The van der Waals surface area contributed by atoms with Crippen LogP contribution in [0.2, 0.25) is 0 Å². The number of aliphatic hydroxyl groups excluding tert-OH is 1. The van der Waals surface area contributed by atoms with Crippen molar-refractivity contribution in [1.82, 2.24) is 4.90 Å². The van der Waals surface area contributed by atoms with Crippen molar-refractivity contribution in [3.63, 3.8) is 0 Å². The van der Waals surface area contributed by atoms with Gasteiger partial charge in [-0.3, -0.25) is 9.59 Å². The Bertz CT molecular complexity index is 1630. The fourth-order valence-electron chi connectivity index (χ4n) is 6.91. The number of benzene rings is 4. The Hall–Kier alpha value is -4.14. The predicted molar refractivity (Wildman–Crippen MR) is 188 cm³/mol. The van der Waals surface area contributed by atoms with Gasteiger partial charge in [0, 0.05) is 29.3 Å². The number of anilines is 1. The molecule has 0 spiro atoms. The zero-order valence-electron chi connectivity index (χ0n) is 27.7. The molecule has 4 aromatic carbocycles. The molecule has 0 radical (unpaired) electrons. The number of ether oxygens (including phenoxy) is 2. The minimum atomic E-state index is -0.593. The summed E-state index contributed by atoms with van der Waals surface area (Å²) < 4.78 is 13.8. The van der Waals surface area contributed by atoms with Gasteiger partial charge in [0.15, 0.2) is 12.1 Å². The highest BCUT2D eigenvalue weighted by Crippen LogP contribution is 2.47. The summed E-state index contributed by atoms with van der Waals surface area (Å²) in [6.07, 6.45) is 5.47. The number of Topliss-reactive ketones (excluding diaryl/α,β-unsaturated/α-hetero) is 1. The van der Waals surface area contributed by atoms with E-state index in [0.717, 1.165) is 41.9 Å². The molecule has 7 heteroatoms. The van der Waals surface area contributed by atoms with Gasteiger partial charge < -0.3 is 24.8 Å². The lowest BCUT2D eigenvalue weighted by molar-refractivity contribution is -0.263. The summed E-state index contributed by atoms with van der Waals surface area (Å²) >= 11 is 0. The number of likely N-dealkylation sites (tertiary alicyclic amines) is 1. The second-order valence-electron chi connectivity index (χ2n) is 13.1. The number of rotatable bonds is 10. The van der Waals surface area contributed by atoms with Crippen LogP contribution in [0.25, 0.3) is 0 Å². The van der Waals surface area contributed by atoms with Gasteiger partial charge in [0.1, 0.15) is 0 Å². The van der Waals surface area contributed by atoms with E-state index in [0.29, 0.717) is 11.3 Å². The summed E-state index contributed by atoms with van der Waals surface area (Å²) in [7, 11) is 0. The summed E-state index contributed by atoms with van der Waals surface area (Å²) in [6, 6.07) is 33.5. The Kier molecular flexibility index (Phi) is 11.5. The Morgan fingerprint density at radius 1 is 0.750 bits per heavy atom. The summed E-state index contributed by atoms with van der Waals surface area (Å²) in [5, 5.41) is 12.6. The highest BCUT2D eigenvalue weighted by molar-refractivity contribution is 5.97. The van der Waals surface area contributed by atoms with Crippen LogP contribution < -0.4 is 5.32 Å². The van der Waals surface area contributed by atoms with Crippen LogP contribution in [0, 0.1) is 0 Å².